The fourth-order valence-electron chi connectivity index (χ4n) is 2.39. The van der Waals surface area contributed by atoms with Gasteiger partial charge in [-0.3, -0.25) is 0 Å². The van der Waals surface area contributed by atoms with Crippen LogP contribution in [0.4, 0.5) is 0 Å². The fourth-order valence-corrected chi connectivity index (χ4v) is 2.92. The molecule has 0 N–H and O–H groups in total. The quantitative estimate of drug-likeness (QED) is 0.201. The van der Waals surface area contributed by atoms with Crippen LogP contribution in [0, 0.1) is 0 Å². The zero-order valence-electron chi connectivity index (χ0n) is 13.7. The van der Waals surface area contributed by atoms with E-state index in [1.54, 1.807) is 0 Å². The standard InChI is InChI=1S/C18H33O.Zn/c1-2-3-4-5-6-7-8-9-10-11-12-13-14-15-16-17-18-19;/h9-10H,2-8,11-17H2,1H3;/b10-9-;. The van der Waals surface area contributed by atoms with Gasteiger partial charge in [0.2, 0.25) is 0 Å². The summed E-state index contributed by atoms with van der Waals surface area (Å²) in [5.41, 5.74) is 0. The van der Waals surface area contributed by atoms with E-state index in [2.05, 4.69) is 19.1 Å². The Bertz CT molecular complexity index is 236. The van der Waals surface area contributed by atoms with Gasteiger partial charge in [-0.1, -0.05) is 39.0 Å². The van der Waals surface area contributed by atoms with E-state index in [9.17, 15) is 4.79 Å². The van der Waals surface area contributed by atoms with Crippen molar-refractivity contribution >= 4 is 4.38 Å². The van der Waals surface area contributed by atoms with Crippen molar-refractivity contribution in [1.82, 2.24) is 0 Å². The molecule has 1 nitrogen and oxygen atoms in total. The molecule has 0 fully saturated rings. The van der Waals surface area contributed by atoms with E-state index in [1.165, 1.54) is 77.0 Å². The molecule has 0 saturated carbocycles. The Labute approximate surface area is 136 Å². The van der Waals surface area contributed by atoms with Gasteiger partial charge in [-0.25, -0.2) is 0 Å². The van der Waals surface area contributed by atoms with Crippen molar-refractivity contribution in [2.45, 2.75) is 96.8 Å². The van der Waals surface area contributed by atoms with E-state index in [0.717, 1.165) is 31.1 Å². The maximum absolute atomic E-state index is 10.8. The number of hydrogen-bond acceptors (Lipinski definition) is 1. The summed E-state index contributed by atoms with van der Waals surface area (Å²) in [7, 11) is 0. The Kier molecular flexibility index (Phi) is 17.1. The molecule has 0 amide bonds. The van der Waals surface area contributed by atoms with Crippen LogP contribution in [0.15, 0.2) is 12.2 Å². The third-order valence-corrected chi connectivity index (χ3v) is 4.46. The second-order valence-electron chi connectivity index (χ2n) is 5.87. The summed E-state index contributed by atoms with van der Waals surface area (Å²) < 4.78 is 0.461. The minimum atomic E-state index is 0.461. The minimum absolute atomic E-state index is 0.461. The van der Waals surface area contributed by atoms with Crippen molar-refractivity contribution in [2.24, 2.45) is 0 Å². The molecule has 0 radical (unpaired) electrons. The summed E-state index contributed by atoms with van der Waals surface area (Å²) >= 11 is 0.837. The predicted molar refractivity (Wildman–Crippen MR) is 84.5 cm³/mol. The van der Waals surface area contributed by atoms with Crippen LogP contribution in [-0.4, -0.2) is 4.38 Å². The average Bonchev–Trinajstić information content (AvgIpc) is 2.43. The van der Waals surface area contributed by atoms with Crippen molar-refractivity contribution < 1.29 is 23.1 Å². The van der Waals surface area contributed by atoms with Crippen LogP contribution in [0.25, 0.3) is 0 Å². The molecular formula is C18H33OZn. The first-order valence-corrected chi connectivity index (χ1v) is 10.3. The number of allylic oxidation sites excluding steroid dienone is 2. The van der Waals surface area contributed by atoms with E-state index in [0.29, 0.717) is 4.38 Å². The third-order valence-electron chi connectivity index (χ3n) is 3.72. The molecule has 0 saturated heterocycles. The van der Waals surface area contributed by atoms with Crippen molar-refractivity contribution in [3.05, 3.63) is 12.2 Å². The number of rotatable bonds is 15. The Morgan fingerprint density at radius 3 is 1.70 bits per heavy atom. The molecule has 0 aromatic heterocycles. The number of unbranched alkanes of at least 4 members (excludes halogenated alkanes) is 11. The normalized spacial score (nSPS) is 11.3. The van der Waals surface area contributed by atoms with E-state index in [1.807, 2.05) is 0 Å². The zero-order chi connectivity index (χ0) is 14.9. The first-order chi connectivity index (χ1) is 9.77. The van der Waals surface area contributed by atoms with Gasteiger partial charge in [0.1, 0.15) is 0 Å². The van der Waals surface area contributed by atoms with E-state index >= 15 is 0 Å². The summed E-state index contributed by atoms with van der Waals surface area (Å²) in [6.45, 7) is 2.27. The monoisotopic (exact) mass is 329 g/mol. The third kappa shape index (κ3) is 18.0. The molecule has 0 aliphatic heterocycles. The molecule has 0 atom stereocenters. The number of carbonyl (C=O) groups is 1. The van der Waals surface area contributed by atoms with Gasteiger partial charge in [-0.2, -0.15) is 0 Å². The molecule has 0 aromatic rings. The van der Waals surface area contributed by atoms with Crippen LogP contribution < -0.4 is 0 Å². The van der Waals surface area contributed by atoms with E-state index < -0.39 is 0 Å². The molecule has 20 heavy (non-hydrogen) atoms. The van der Waals surface area contributed by atoms with Crippen LogP contribution >= 0.6 is 0 Å². The molecule has 0 spiro atoms. The van der Waals surface area contributed by atoms with Gasteiger partial charge in [0.05, 0.1) is 0 Å². The first-order valence-electron chi connectivity index (χ1n) is 8.77. The molecule has 0 bridgehead atoms. The van der Waals surface area contributed by atoms with Gasteiger partial charge >= 0.3 is 97.4 Å². The van der Waals surface area contributed by atoms with Crippen molar-refractivity contribution in [1.29, 1.82) is 0 Å². The first kappa shape index (κ1) is 20.0. The predicted octanol–water partition coefficient (Wildman–Crippen LogP) is 6.10. The molecule has 2 heteroatoms. The van der Waals surface area contributed by atoms with E-state index in [4.69, 9.17) is 0 Å². The van der Waals surface area contributed by atoms with Gasteiger partial charge in [-0.15, -0.1) is 0 Å². The summed E-state index contributed by atoms with van der Waals surface area (Å²) in [6, 6.07) is 0. The molecule has 0 rings (SSSR count). The molecule has 0 aromatic carbocycles. The molecular weight excluding hydrogens is 298 g/mol. The number of carbonyl (C=O) groups excluding carboxylic acids is 1. The summed E-state index contributed by atoms with van der Waals surface area (Å²) in [5, 5.41) is 0. The second-order valence-corrected chi connectivity index (χ2v) is 7.53. The van der Waals surface area contributed by atoms with E-state index in [-0.39, 0.29) is 0 Å². The summed E-state index contributed by atoms with van der Waals surface area (Å²) in [4.78, 5) is 10.8. The molecule has 113 valence electrons. The van der Waals surface area contributed by atoms with Crippen LogP contribution in [0.3, 0.4) is 0 Å². The van der Waals surface area contributed by atoms with Gasteiger partial charge in [-0.05, 0) is 0 Å². The number of hydrogen-bond donors (Lipinski definition) is 0. The van der Waals surface area contributed by atoms with Crippen molar-refractivity contribution in [3.63, 3.8) is 0 Å². The van der Waals surface area contributed by atoms with Crippen LogP contribution in [-0.2, 0) is 23.1 Å². The van der Waals surface area contributed by atoms with Gasteiger partial charge in [0, 0.05) is 0 Å². The van der Waals surface area contributed by atoms with Crippen molar-refractivity contribution in [2.75, 3.05) is 0 Å². The summed E-state index contributed by atoms with van der Waals surface area (Å²) in [6.07, 6.45) is 22.8. The van der Waals surface area contributed by atoms with Gasteiger partial charge in [0.15, 0.2) is 0 Å². The molecule has 0 aliphatic carbocycles. The summed E-state index contributed by atoms with van der Waals surface area (Å²) in [5.74, 6) is 0. The molecule has 0 unspecified atom stereocenters. The van der Waals surface area contributed by atoms with Crippen LogP contribution in [0.2, 0.25) is 0 Å². The molecule has 0 heterocycles. The van der Waals surface area contributed by atoms with Crippen LogP contribution in [0.5, 0.6) is 0 Å². The Hall–Kier alpha value is 0.0334. The SMILES string of the molecule is CCCCCCCC/C=C\CCCCCCC[C](=O)[Zn]. The molecule has 0 aliphatic rings. The zero-order valence-corrected chi connectivity index (χ0v) is 16.6. The Balaban J connectivity index is 3.07. The average molecular weight is 331 g/mol. The fraction of sp³-hybridized carbons (Fsp3) is 0.833. The van der Waals surface area contributed by atoms with Gasteiger partial charge in [0.25, 0.3) is 0 Å². The Morgan fingerprint density at radius 2 is 1.20 bits per heavy atom. The van der Waals surface area contributed by atoms with Crippen LogP contribution in [0.1, 0.15) is 96.8 Å². The Morgan fingerprint density at radius 1 is 0.750 bits per heavy atom. The van der Waals surface area contributed by atoms with Crippen molar-refractivity contribution in [3.8, 4) is 0 Å². The topological polar surface area (TPSA) is 17.1 Å². The second kappa shape index (κ2) is 17.1. The van der Waals surface area contributed by atoms with Gasteiger partial charge < -0.3 is 0 Å². The maximum atomic E-state index is 10.8.